The maximum Gasteiger partial charge on any atom is 0.410 e. The van der Waals surface area contributed by atoms with E-state index in [2.05, 4.69) is 49.9 Å². The minimum Gasteiger partial charge on any atom is -0.444 e. The number of benzene rings is 1. The van der Waals surface area contributed by atoms with Crippen molar-refractivity contribution in [3.05, 3.63) is 35.5 Å². The molecule has 1 aliphatic heterocycles. The highest BCUT2D eigenvalue weighted by atomic mass is 28.3. The zero-order chi connectivity index (χ0) is 22.8. The number of amides is 1. The number of aromatic nitrogens is 2. The molecule has 0 bridgehead atoms. The average Bonchev–Trinajstić information content (AvgIpc) is 3.04. The zero-order valence-corrected chi connectivity index (χ0v) is 21.1. The van der Waals surface area contributed by atoms with E-state index < -0.39 is 13.7 Å². The van der Waals surface area contributed by atoms with Crippen LogP contribution in [0.15, 0.2) is 24.4 Å². The lowest BCUT2D eigenvalue weighted by molar-refractivity contribution is 0.0270. The molecule has 0 saturated heterocycles. The molecule has 1 aromatic carbocycles. The predicted molar refractivity (Wildman–Crippen MR) is 129 cm³/mol. The largest absolute Gasteiger partial charge is 0.444 e. The molecule has 1 aromatic heterocycles. The molecule has 2 heterocycles. The maximum atomic E-state index is 12.3. The average molecular weight is 444 g/mol. The number of hydrogen-bond donors (Lipinski definition) is 0. The number of carbonyl (C=O) groups is 1. The second kappa shape index (κ2) is 9.16. The van der Waals surface area contributed by atoms with Gasteiger partial charge in [0.05, 0.1) is 11.7 Å². The smallest absolute Gasteiger partial charge is 0.410 e. The van der Waals surface area contributed by atoms with Crippen LogP contribution in [-0.4, -0.2) is 54.1 Å². The number of hydrogen-bond acceptors (Lipinski definition) is 4. The molecule has 0 aliphatic carbocycles. The quantitative estimate of drug-likeness (QED) is 0.426. The van der Waals surface area contributed by atoms with E-state index in [4.69, 9.17) is 9.47 Å². The van der Waals surface area contributed by atoms with Crippen molar-refractivity contribution < 1.29 is 14.3 Å². The molecule has 1 aliphatic rings. The van der Waals surface area contributed by atoms with Crippen LogP contribution in [0.2, 0.25) is 25.7 Å². The summed E-state index contributed by atoms with van der Waals surface area (Å²) in [5, 5.41) is 5.67. The van der Waals surface area contributed by atoms with Crippen molar-refractivity contribution in [1.29, 1.82) is 0 Å². The lowest BCUT2D eigenvalue weighted by atomic mass is 9.94. The number of carbonyl (C=O) groups excluding carboxylic acids is 1. The molecule has 31 heavy (non-hydrogen) atoms. The standard InChI is InChI=1S/C24H37N3O3Si/c1-18-14-20-16-25-27(17-29-12-13-31(5,6)7)22(20)15-21(18)19-8-10-26(11-9-19)23(28)30-24(2,3)4/h8,14-16H,9-13,17H2,1-7H3. The summed E-state index contributed by atoms with van der Waals surface area (Å²) in [7, 11) is -1.10. The lowest BCUT2D eigenvalue weighted by Crippen LogP contribution is -2.39. The fourth-order valence-electron chi connectivity index (χ4n) is 3.62. The topological polar surface area (TPSA) is 56.6 Å². The summed E-state index contributed by atoms with van der Waals surface area (Å²) < 4.78 is 13.4. The molecule has 2 aromatic rings. The first kappa shape index (κ1) is 23.5. The van der Waals surface area contributed by atoms with Gasteiger partial charge in [-0.2, -0.15) is 5.10 Å². The summed E-state index contributed by atoms with van der Waals surface area (Å²) in [6.45, 7) is 17.4. The minimum atomic E-state index is -1.10. The van der Waals surface area contributed by atoms with Crippen LogP contribution in [-0.2, 0) is 16.2 Å². The zero-order valence-electron chi connectivity index (χ0n) is 20.1. The monoisotopic (exact) mass is 443 g/mol. The molecule has 0 radical (unpaired) electrons. The van der Waals surface area contributed by atoms with Crippen molar-refractivity contribution >= 4 is 30.6 Å². The van der Waals surface area contributed by atoms with E-state index in [0.29, 0.717) is 19.8 Å². The van der Waals surface area contributed by atoms with Gasteiger partial charge in [0.2, 0.25) is 0 Å². The summed E-state index contributed by atoms with van der Waals surface area (Å²) in [5.74, 6) is 0. The van der Waals surface area contributed by atoms with Crippen LogP contribution in [0.5, 0.6) is 0 Å². The first-order chi connectivity index (χ1) is 14.4. The van der Waals surface area contributed by atoms with Crippen molar-refractivity contribution in [1.82, 2.24) is 14.7 Å². The molecule has 0 fully saturated rings. The number of rotatable bonds is 6. The van der Waals surface area contributed by atoms with Gasteiger partial charge in [0, 0.05) is 33.2 Å². The van der Waals surface area contributed by atoms with Crippen molar-refractivity contribution in [3.63, 3.8) is 0 Å². The van der Waals surface area contributed by atoms with Crippen molar-refractivity contribution in [2.24, 2.45) is 0 Å². The molecule has 0 unspecified atom stereocenters. The number of aryl methyl sites for hydroxylation is 1. The van der Waals surface area contributed by atoms with Gasteiger partial charge in [-0.15, -0.1) is 0 Å². The van der Waals surface area contributed by atoms with Crippen LogP contribution in [0.1, 0.15) is 38.3 Å². The normalized spacial score (nSPS) is 15.3. The third-order valence-corrected chi connectivity index (χ3v) is 7.11. The van der Waals surface area contributed by atoms with Gasteiger partial charge >= 0.3 is 6.09 Å². The minimum absolute atomic E-state index is 0.247. The third kappa shape index (κ3) is 6.43. The Labute approximate surface area is 187 Å². The van der Waals surface area contributed by atoms with Crippen LogP contribution in [0.4, 0.5) is 4.79 Å². The molecule has 0 saturated carbocycles. The van der Waals surface area contributed by atoms with E-state index in [-0.39, 0.29) is 6.09 Å². The fraction of sp³-hybridized carbons (Fsp3) is 0.583. The first-order valence-electron chi connectivity index (χ1n) is 11.1. The summed E-state index contributed by atoms with van der Waals surface area (Å²) >= 11 is 0. The molecule has 3 rings (SSSR count). The highest BCUT2D eigenvalue weighted by Gasteiger charge is 2.24. The van der Waals surface area contributed by atoms with E-state index >= 15 is 0 Å². The molecule has 1 amide bonds. The Morgan fingerprint density at radius 2 is 1.97 bits per heavy atom. The number of ether oxygens (including phenoxy) is 2. The van der Waals surface area contributed by atoms with Crippen LogP contribution in [0.3, 0.4) is 0 Å². The van der Waals surface area contributed by atoms with Gasteiger partial charge in [-0.1, -0.05) is 25.7 Å². The van der Waals surface area contributed by atoms with Gasteiger partial charge in [0.25, 0.3) is 0 Å². The Hall–Kier alpha value is -2.12. The molecule has 7 heteroatoms. The molecular weight excluding hydrogens is 406 g/mol. The van der Waals surface area contributed by atoms with Gasteiger partial charge in [-0.05, 0) is 69.0 Å². The van der Waals surface area contributed by atoms with Gasteiger partial charge in [0.15, 0.2) is 0 Å². The van der Waals surface area contributed by atoms with Gasteiger partial charge < -0.3 is 14.4 Å². The summed E-state index contributed by atoms with van der Waals surface area (Å²) in [6, 6.07) is 5.56. The first-order valence-corrected chi connectivity index (χ1v) is 14.8. The fourth-order valence-corrected chi connectivity index (χ4v) is 4.38. The van der Waals surface area contributed by atoms with Gasteiger partial charge in [-0.3, -0.25) is 0 Å². The molecular formula is C24H37N3O3Si. The van der Waals surface area contributed by atoms with E-state index in [1.807, 2.05) is 31.6 Å². The van der Waals surface area contributed by atoms with Crippen molar-refractivity contribution in [3.8, 4) is 0 Å². The Kier molecular flexibility index (Phi) is 6.96. The Bertz CT molecular complexity index is 967. The predicted octanol–water partition coefficient (Wildman–Crippen LogP) is 5.68. The van der Waals surface area contributed by atoms with Crippen LogP contribution in [0.25, 0.3) is 16.5 Å². The van der Waals surface area contributed by atoms with Crippen LogP contribution >= 0.6 is 0 Å². The maximum absolute atomic E-state index is 12.3. The van der Waals surface area contributed by atoms with Gasteiger partial charge in [0.1, 0.15) is 12.3 Å². The Morgan fingerprint density at radius 1 is 1.23 bits per heavy atom. The van der Waals surface area contributed by atoms with E-state index in [1.54, 1.807) is 4.90 Å². The van der Waals surface area contributed by atoms with Crippen molar-refractivity contribution in [2.45, 2.75) is 72.1 Å². The Balaban J connectivity index is 1.72. The highest BCUT2D eigenvalue weighted by molar-refractivity contribution is 6.76. The van der Waals surface area contributed by atoms with E-state index in [1.165, 1.54) is 16.7 Å². The lowest BCUT2D eigenvalue weighted by Gasteiger charge is -2.30. The molecule has 170 valence electrons. The summed E-state index contributed by atoms with van der Waals surface area (Å²) in [5.41, 5.74) is 4.33. The SMILES string of the molecule is Cc1cc2cnn(COCC[Si](C)(C)C)c2cc1C1=CCN(C(=O)OC(C)(C)C)CC1. The molecule has 0 spiro atoms. The third-order valence-electron chi connectivity index (χ3n) is 5.40. The number of fused-ring (bicyclic) bond motifs is 1. The highest BCUT2D eigenvalue weighted by Crippen LogP contribution is 2.29. The van der Waals surface area contributed by atoms with Crippen LogP contribution in [0, 0.1) is 6.92 Å². The molecule has 0 atom stereocenters. The second-order valence-electron chi connectivity index (χ2n) is 10.6. The summed E-state index contributed by atoms with van der Waals surface area (Å²) in [4.78, 5) is 14.1. The van der Waals surface area contributed by atoms with Crippen LogP contribution < -0.4 is 0 Å². The van der Waals surface area contributed by atoms with Crippen molar-refractivity contribution in [2.75, 3.05) is 19.7 Å². The second-order valence-corrected chi connectivity index (χ2v) is 16.2. The molecule has 6 nitrogen and oxygen atoms in total. The Morgan fingerprint density at radius 3 is 2.58 bits per heavy atom. The van der Waals surface area contributed by atoms with E-state index in [9.17, 15) is 4.79 Å². The number of nitrogens with zero attached hydrogens (tertiary/aromatic N) is 3. The summed E-state index contributed by atoms with van der Waals surface area (Å²) in [6.07, 6.45) is 4.62. The van der Waals surface area contributed by atoms with E-state index in [0.717, 1.165) is 30.0 Å². The van der Waals surface area contributed by atoms with Gasteiger partial charge in [-0.25, -0.2) is 9.48 Å². The molecule has 0 N–H and O–H groups in total.